The molecule has 5 aromatic rings. The van der Waals surface area contributed by atoms with Crippen LogP contribution in [0.2, 0.25) is 0 Å². The Morgan fingerprint density at radius 3 is 2.57 bits per heavy atom. The van der Waals surface area contributed by atoms with Crippen molar-refractivity contribution >= 4 is 28.4 Å². The second kappa shape index (κ2) is 10.1. The van der Waals surface area contributed by atoms with Gasteiger partial charge in [-0.3, -0.25) is 14.3 Å². The van der Waals surface area contributed by atoms with E-state index in [9.17, 15) is 18.0 Å². The van der Waals surface area contributed by atoms with Crippen molar-refractivity contribution in [2.75, 3.05) is 5.32 Å². The maximum atomic E-state index is 13.0. The third-order valence-electron chi connectivity index (χ3n) is 5.61. The third kappa shape index (κ3) is 5.56. The molecule has 3 heterocycles. The number of hydrogen-bond donors (Lipinski definition) is 2. The van der Waals surface area contributed by atoms with Crippen LogP contribution in [0, 0.1) is 0 Å². The summed E-state index contributed by atoms with van der Waals surface area (Å²) in [4.78, 5) is 20.8. The number of fused-ring (bicyclic) bond motifs is 1. The lowest BCUT2D eigenvalue weighted by atomic mass is 10.1. The zero-order chi connectivity index (χ0) is 25.8. The highest BCUT2D eigenvalue weighted by molar-refractivity contribution is 5.90. The number of nitrogens with one attached hydrogen (secondary N) is 2. The first kappa shape index (κ1) is 23.9. The molecule has 1 amide bonds. The predicted octanol–water partition coefficient (Wildman–Crippen LogP) is 4.83. The number of hydrogen-bond acceptors (Lipinski definition) is 6. The van der Waals surface area contributed by atoms with E-state index in [1.807, 2.05) is 35.0 Å². The van der Waals surface area contributed by atoms with E-state index in [0.29, 0.717) is 23.0 Å². The molecule has 11 heteroatoms. The summed E-state index contributed by atoms with van der Waals surface area (Å²) in [5.74, 6) is 1.27. The Labute approximate surface area is 209 Å². The molecular formula is C26H20F3N7O. The van der Waals surface area contributed by atoms with Crippen molar-refractivity contribution in [3.8, 4) is 5.82 Å². The van der Waals surface area contributed by atoms with Gasteiger partial charge in [0.25, 0.3) is 0 Å². The highest BCUT2D eigenvalue weighted by Crippen LogP contribution is 2.29. The van der Waals surface area contributed by atoms with Gasteiger partial charge in [0.15, 0.2) is 11.6 Å². The van der Waals surface area contributed by atoms with Crippen LogP contribution in [0.5, 0.6) is 0 Å². The lowest BCUT2D eigenvalue weighted by Gasteiger charge is -2.09. The molecule has 0 aliphatic rings. The lowest BCUT2D eigenvalue weighted by molar-refractivity contribution is -0.137. The van der Waals surface area contributed by atoms with E-state index in [-0.39, 0.29) is 18.9 Å². The average Bonchev–Trinajstić information content (AvgIpc) is 3.26. The van der Waals surface area contributed by atoms with Gasteiger partial charge in [0.2, 0.25) is 5.91 Å². The number of para-hydroxylation sites is 1. The predicted molar refractivity (Wildman–Crippen MR) is 131 cm³/mol. The summed E-state index contributed by atoms with van der Waals surface area (Å²) in [7, 11) is 0. The summed E-state index contributed by atoms with van der Waals surface area (Å²) in [5, 5.41) is 15.1. The van der Waals surface area contributed by atoms with Gasteiger partial charge in [-0.2, -0.15) is 13.2 Å². The topological polar surface area (TPSA) is 97.6 Å². The van der Waals surface area contributed by atoms with Crippen molar-refractivity contribution < 1.29 is 18.0 Å². The van der Waals surface area contributed by atoms with E-state index >= 15 is 0 Å². The van der Waals surface area contributed by atoms with Gasteiger partial charge in [-0.25, -0.2) is 4.98 Å². The highest BCUT2D eigenvalue weighted by Gasteiger charge is 2.30. The first-order valence-electron chi connectivity index (χ1n) is 11.3. The van der Waals surface area contributed by atoms with Crippen molar-refractivity contribution in [1.29, 1.82) is 0 Å². The molecule has 0 saturated carbocycles. The summed E-state index contributed by atoms with van der Waals surface area (Å²) in [6, 6.07) is 16.0. The van der Waals surface area contributed by atoms with Crippen LogP contribution in [0.25, 0.3) is 16.7 Å². The quantitative estimate of drug-likeness (QED) is 0.330. The largest absolute Gasteiger partial charge is 0.416 e. The molecular weight excluding hydrogens is 483 g/mol. The molecule has 0 bridgehead atoms. The average molecular weight is 503 g/mol. The Hall–Kier alpha value is -4.80. The summed E-state index contributed by atoms with van der Waals surface area (Å²) in [6.07, 6.45) is 2.13. The van der Waals surface area contributed by atoms with Crippen molar-refractivity contribution in [3.63, 3.8) is 0 Å². The van der Waals surface area contributed by atoms with Gasteiger partial charge in [0.05, 0.1) is 23.7 Å². The van der Waals surface area contributed by atoms with Crippen molar-refractivity contribution in [2.45, 2.75) is 19.1 Å². The molecule has 8 nitrogen and oxygen atoms in total. The molecule has 2 N–H and O–H groups in total. The maximum Gasteiger partial charge on any atom is 0.416 e. The summed E-state index contributed by atoms with van der Waals surface area (Å²) >= 11 is 0. The van der Waals surface area contributed by atoms with E-state index in [2.05, 4.69) is 30.8 Å². The van der Waals surface area contributed by atoms with Crippen LogP contribution in [0.3, 0.4) is 0 Å². The molecule has 0 unspecified atom stereocenters. The Morgan fingerprint density at radius 2 is 1.81 bits per heavy atom. The van der Waals surface area contributed by atoms with Crippen molar-refractivity contribution in [3.05, 3.63) is 102 Å². The Kier molecular flexibility index (Phi) is 6.50. The maximum absolute atomic E-state index is 13.0. The fourth-order valence-corrected chi connectivity index (χ4v) is 3.89. The number of amides is 1. The van der Waals surface area contributed by atoms with Crippen molar-refractivity contribution in [1.82, 2.24) is 30.0 Å². The van der Waals surface area contributed by atoms with Gasteiger partial charge in [-0.15, -0.1) is 10.2 Å². The van der Waals surface area contributed by atoms with Crippen LogP contribution in [0.1, 0.15) is 16.7 Å². The molecule has 0 radical (unpaired) electrons. The molecule has 2 aromatic carbocycles. The molecule has 0 spiro atoms. The Morgan fingerprint density at radius 1 is 0.946 bits per heavy atom. The van der Waals surface area contributed by atoms with Gasteiger partial charge < -0.3 is 10.6 Å². The Bertz CT molecular complexity index is 1530. The first-order valence-corrected chi connectivity index (χ1v) is 11.3. The number of aromatic nitrogens is 5. The number of carbonyl (C=O) groups excluding carboxylic acids is 1. The van der Waals surface area contributed by atoms with Crippen LogP contribution >= 0.6 is 0 Å². The van der Waals surface area contributed by atoms with Crippen molar-refractivity contribution in [2.24, 2.45) is 0 Å². The highest BCUT2D eigenvalue weighted by atomic mass is 19.4. The smallest absolute Gasteiger partial charge is 0.352 e. The van der Waals surface area contributed by atoms with Crippen LogP contribution in [0.15, 0.2) is 85.5 Å². The van der Waals surface area contributed by atoms with Crippen LogP contribution in [0.4, 0.5) is 24.8 Å². The fraction of sp³-hybridized carbons (Fsp3) is 0.115. The van der Waals surface area contributed by atoms with Crippen LogP contribution in [-0.2, 0) is 23.9 Å². The molecule has 0 saturated heterocycles. The minimum absolute atomic E-state index is 0.00682. The SMILES string of the molecule is O=C(Cc1cn(-c2ccc(Nc3cnccn3)nn2)c2ccccc12)NCc1cccc(C(F)(F)F)c1. The summed E-state index contributed by atoms with van der Waals surface area (Å²) < 4.78 is 40.7. The number of rotatable bonds is 7. The van der Waals surface area contributed by atoms with Crippen LogP contribution in [-0.4, -0.2) is 30.6 Å². The molecule has 0 atom stereocenters. The number of nitrogens with zero attached hydrogens (tertiary/aromatic N) is 5. The molecule has 3 aromatic heterocycles. The molecule has 0 fully saturated rings. The second-order valence-electron chi connectivity index (χ2n) is 8.19. The number of halogens is 3. The number of benzene rings is 2. The van der Waals surface area contributed by atoms with Crippen LogP contribution < -0.4 is 10.6 Å². The van der Waals surface area contributed by atoms with Gasteiger partial charge in [-0.1, -0.05) is 30.3 Å². The fourth-order valence-electron chi connectivity index (χ4n) is 3.89. The minimum atomic E-state index is -4.44. The lowest BCUT2D eigenvalue weighted by Crippen LogP contribution is -2.24. The van der Waals surface area contributed by atoms with E-state index in [1.54, 1.807) is 36.8 Å². The molecule has 0 aliphatic carbocycles. The molecule has 37 heavy (non-hydrogen) atoms. The van der Waals surface area contributed by atoms with Gasteiger partial charge in [0, 0.05) is 30.5 Å². The van der Waals surface area contributed by atoms with E-state index < -0.39 is 11.7 Å². The Balaban J connectivity index is 1.32. The number of alkyl halides is 3. The number of carbonyl (C=O) groups is 1. The third-order valence-corrected chi connectivity index (χ3v) is 5.61. The second-order valence-corrected chi connectivity index (χ2v) is 8.19. The molecule has 186 valence electrons. The normalized spacial score (nSPS) is 11.4. The molecule has 0 aliphatic heterocycles. The summed E-state index contributed by atoms with van der Waals surface area (Å²) in [5.41, 5.74) is 1.21. The summed E-state index contributed by atoms with van der Waals surface area (Å²) in [6.45, 7) is -0.00682. The number of anilines is 2. The van der Waals surface area contributed by atoms with E-state index in [4.69, 9.17) is 0 Å². The van der Waals surface area contributed by atoms with Gasteiger partial charge >= 0.3 is 6.18 Å². The monoisotopic (exact) mass is 503 g/mol. The van der Waals surface area contributed by atoms with Gasteiger partial charge in [-0.05, 0) is 41.5 Å². The molecule has 5 rings (SSSR count). The first-order chi connectivity index (χ1) is 17.9. The zero-order valence-electron chi connectivity index (χ0n) is 19.3. The van der Waals surface area contributed by atoms with E-state index in [0.717, 1.165) is 28.6 Å². The van der Waals surface area contributed by atoms with E-state index in [1.165, 1.54) is 6.07 Å². The minimum Gasteiger partial charge on any atom is -0.352 e. The van der Waals surface area contributed by atoms with Gasteiger partial charge in [0.1, 0.15) is 5.82 Å². The standard InChI is InChI=1S/C26H20F3N7O/c27-26(28,29)19-5-3-4-17(12-19)14-32-25(37)13-18-16-36(21-7-2-1-6-20(18)21)24-9-8-22(34-35-24)33-23-15-30-10-11-31-23/h1-12,15-16H,13-14H2,(H,32,37)(H,31,33,34). The zero-order valence-corrected chi connectivity index (χ0v) is 19.3.